The third kappa shape index (κ3) is 7.54. The van der Waals surface area contributed by atoms with Crippen LogP contribution in [0.5, 0.6) is 11.5 Å². The van der Waals surface area contributed by atoms with Crippen LogP contribution in [0.25, 0.3) is 66.7 Å². The molecule has 0 saturated heterocycles. The molecule has 5 nitrogen and oxygen atoms in total. The number of aryl methyl sites for hydroxylation is 4. The van der Waals surface area contributed by atoms with Crippen LogP contribution in [0.15, 0.2) is 146 Å². The molecule has 0 fully saturated rings. The van der Waals surface area contributed by atoms with Gasteiger partial charge in [-0.05, 0) is 148 Å². The van der Waals surface area contributed by atoms with E-state index in [2.05, 4.69) is 99.7 Å². The van der Waals surface area contributed by atoms with E-state index in [4.69, 9.17) is 17.9 Å². The Bertz CT molecular complexity index is 3350. The van der Waals surface area contributed by atoms with Gasteiger partial charge in [0.05, 0.1) is 22.9 Å². The first-order valence-electron chi connectivity index (χ1n) is 23.8. The highest BCUT2D eigenvalue weighted by Gasteiger charge is 2.21. The average Bonchev–Trinajstić information content (AvgIpc) is 3.88. The second kappa shape index (κ2) is 15.1. The average molecular weight is 805 g/mol. The minimum Gasteiger partial charge on any atom is -0.457 e. The summed E-state index contributed by atoms with van der Waals surface area (Å²) in [5.41, 5.74) is 11.5. The lowest BCUT2D eigenvalue weighted by Crippen LogP contribution is -2.12. The number of ether oxygens (including phenoxy) is 1. The van der Waals surface area contributed by atoms with E-state index in [0.717, 1.165) is 66.4 Å². The molecule has 9 rings (SSSR count). The number of fused-ring (bicyclic) bond motifs is 3. The van der Waals surface area contributed by atoms with Crippen molar-refractivity contribution in [2.24, 2.45) is 0 Å². The maximum absolute atomic E-state index is 8.61. The SMILES string of the molecule is [2H]C([2H])([2H])c1cc(C(C)(C)C)cc(C)c1-c1ccnc(-n2c3ccc(-c4ccccc4)cc3c3ccc(Oc4cccc(-n5cc(-c6c(C)cc(C(C)(C)C)cc6C([2H])([2H])[2H])cn5)c4)cc32)c1. The van der Waals surface area contributed by atoms with Crippen LogP contribution in [0.2, 0.25) is 0 Å². The number of aromatic nitrogens is 4. The highest BCUT2D eigenvalue weighted by molar-refractivity contribution is 6.10. The fourth-order valence-electron chi connectivity index (χ4n) is 8.44. The Morgan fingerprint density at radius 3 is 1.90 bits per heavy atom. The predicted molar refractivity (Wildman–Crippen MR) is 255 cm³/mol. The first-order valence-corrected chi connectivity index (χ1v) is 20.8. The van der Waals surface area contributed by atoms with Gasteiger partial charge >= 0.3 is 0 Å². The van der Waals surface area contributed by atoms with E-state index in [1.807, 2.05) is 98.9 Å². The van der Waals surface area contributed by atoms with Gasteiger partial charge in [0.1, 0.15) is 17.3 Å². The summed E-state index contributed by atoms with van der Waals surface area (Å²) in [7, 11) is 0. The lowest BCUT2D eigenvalue weighted by Gasteiger charge is -2.22. The topological polar surface area (TPSA) is 44.9 Å². The minimum atomic E-state index is -2.34. The summed E-state index contributed by atoms with van der Waals surface area (Å²) >= 11 is 0. The third-order valence-corrected chi connectivity index (χ3v) is 11.7. The zero-order chi connectivity index (χ0) is 47.8. The summed E-state index contributed by atoms with van der Waals surface area (Å²) in [5.74, 6) is 1.83. The number of nitrogens with zero attached hydrogens (tertiary/aromatic N) is 4. The number of rotatable bonds is 7. The van der Waals surface area contributed by atoms with Crippen LogP contribution in [-0.2, 0) is 10.8 Å². The van der Waals surface area contributed by atoms with Gasteiger partial charge in [-0.15, -0.1) is 0 Å². The maximum Gasteiger partial charge on any atom is 0.138 e. The van der Waals surface area contributed by atoms with Gasteiger partial charge in [0.2, 0.25) is 0 Å². The molecular formula is C56H54N4O. The van der Waals surface area contributed by atoms with Crippen molar-refractivity contribution in [2.45, 2.75) is 79.9 Å². The third-order valence-electron chi connectivity index (χ3n) is 11.7. The van der Waals surface area contributed by atoms with E-state index < -0.39 is 13.7 Å². The van der Waals surface area contributed by atoms with Crippen molar-refractivity contribution in [3.05, 3.63) is 179 Å². The van der Waals surface area contributed by atoms with E-state index in [1.165, 1.54) is 0 Å². The van der Waals surface area contributed by atoms with Crippen molar-refractivity contribution < 1.29 is 13.0 Å². The molecular weight excluding hydrogens is 745 g/mol. The summed E-state index contributed by atoms with van der Waals surface area (Å²) in [5, 5.41) is 6.72. The van der Waals surface area contributed by atoms with Gasteiger partial charge in [-0.2, -0.15) is 5.10 Å². The molecule has 0 unspecified atom stereocenters. The highest BCUT2D eigenvalue weighted by Crippen LogP contribution is 2.40. The van der Waals surface area contributed by atoms with Gasteiger partial charge in [-0.25, -0.2) is 9.67 Å². The quantitative estimate of drug-likeness (QED) is 0.161. The largest absolute Gasteiger partial charge is 0.457 e. The van der Waals surface area contributed by atoms with Crippen LogP contribution in [0.3, 0.4) is 0 Å². The minimum absolute atomic E-state index is 0.214. The van der Waals surface area contributed by atoms with E-state index >= 15 is 0 Å². The fourth-order valence-corrected chi connectivity index (χ4v) is 8.44. The Balaban J connectivity index is 1.13. The fraction of sp³-hybridized carbons (Fsp3) is 0.214. The van der Waals surface area contributed by atoms with Crippen LogP contribution >= 0.6 is 0 Å². The summed E-state index contributed by atoms with van der Waals surface area (Å²) in [6.45, 7) is 11.8. The number of benzene rings is 6. The molecule has 3 heterocycles. The van der Waals surface area contributed by atoms with Gasteiger partial charge in [0.15, 0.2) is 0 Å². The smallest absolute Gasteiger partial charge is 0.138 e. The summed E-state index contributed by atoms with van der Waals surface area (Å²) in [4.78, 5) is 4.93. The molecule has 0 atom stereocenters. The molecule has 0 amide bonds. The predicted octanol–water partition coefficient (Wildman–Crippen LogP) is 15.0. The van der Waals surface area contributed by atoms with Crippen molar-refractivity contribution in [3.8, 4) is 56.4 Å². The number of hydrogen-bond donors (Lipinski definition) is 0. The molecule has 0 spiro atoms. The summed E-state index contributed by atoms with van der Waals surface area (Å²) in [6.07, 6.45) is 5.33. The normalized spacial score (nSPS) is 14.0. The van der Waals surface area contributed by atoms with E-state index in [9.17, 15) is 0 Å². The Morgan fingerprint density at radius 1 is 0.541 bits per heavy atom. The molecule has 9 aromatic rings. The number of hydrogen-bond acceptors (Lipinski definition) is 3. The Kier molecular flexibility index (Phi) is 8.17. The molecule has 0 aliphatic heterocycles. The van der Waals surface area contributed by atoms with E-state index in [0.29, 0.717) is 45.1 Å². The standard InChI is InChI=1S/C56H54N4O/c1-35-25-43(55(5,6)7)26-36(2)53(35)41-23-24-57-52(30-41)60-50-22-19-40(39-15-12-11-13-16-39)29-49(50)48-21-20-47(32-51(48)60)61-46-18-14-17-45(31-46)59-34-42(33-58-59)54-37(3)27-44(28-38(54)4)56(8,9)10/h11-34H,1-10H3/i1D3,3D3. The molecule has 0 aliphatic carbocycles. The van der Waals surface area contributed by atoms with Crippen LogP contribution in [0.4, 0.5) is 0 Å². The van der Waals surface area contributed by atoms with Gasteiger partial charge < -0.3 is 4.74 Å². The molecule has 0 aliphatic rings. The Hall–Kier alpha value is -6.72. The van der Waals surface area contributed by atoms with E-state index in [-0.39, 0.29) is 10.8 Å². The van der Waals surface area contributed by atoms with Crippen LogP contribution in [-0.4, -0.2) is 19.3 Å². The highest BCUT2D eigenvalue weighted by atomic mass is 16.5. The molecule has 6 aromatic carbocycles. The molecule has 0 bridgehead atoms. The van der Waals surface area contributed by atoms with Crippen molar-refractivity contribution in [1.29, 1.82) is 0 Å². The van der Waals surface area contributed by atoms with Crippen LogP contribution in [0.1, 0.15) is 83.1 Å². The first kappa shape index (κ1) is 33.1. The second-order valence-corrected chi connectivity index (χ2v) is 18.2. The van der Waals surface area contributed by atoms with Gasteiger partial charge in [-0.3, -0.25) is 4.57 Å². The molecule has 5 heteroatoms. The van der Waals surface area contributed by atoms with Crippen molar-refractivity contribution in [2.75, 3.05) is 0 Å². The monoisotopic (exact) mass is 804 g/mol. The molecule has 3 aromatic heterocycles. The van der Waals surface area contributed by atoms with Crippen LogP contribution < -0.4 is 4.74 Å². The zero-order valence-corrected chi connectivity index (χ0v) is 36.1. The summed E-state index contributed by atoms with van der Waals surface area (Å²) in [6, 6.07) is 42.1. The Morgan fingerprint density at radius 2 is 1.21 bits per heavy atom. The van der Waals surface area contributed by atoms with Gasteiger partial charge in [0, 0.05) is 49.1 Å². The molecule has 0 radical (unpaired) electrons. The second-order valence-electron chi connectivity index (χ2n) is 18.2. The lowest BCUT2D eigenvalue weighted by atomic mass is 9.83. The molecule has 304 valence electrons. The van der Waals surface area contributed by atoms with Crippen molar-refractivity contribution in [1.82, 2.24) is 19.3 Å². The van der Waals surface area contributed by atoms with E-state index in [1.54, 1.807) is 17.1 Å². The van der Waals surface area contributed by atoms with Gasteiger partial charge in [-0.1, -0.05) is 108 Å². The molecule has 0 saturated carbocycles. The van der Waals surface area contributed by atoms with Gasteiger partial charge in [0.25, 0.3) is 0 Å². The Labute approximate surface area is 368 Å². The molecule has 0 N–H and O–H groups in total. The zero-order valence-electron chi connectivity index (χ0n) is 42.1. The summed E-state index contributed by atoms with van der Waals surface area (Å²) < 4.78 is 61.6. The first-order chi connectivity index (χ1) is 31.5. The lowest BCUT2D eigenvalue weighted by molar-refractivity contribution is 0.483. The maximum atomic E-state index is 8.61. The molecule has 61 heavy (non-hydrogen) atoms. The van der Waals surface area contributed by atoms with Crippen molar-refractivity contribution >= 4 is 21.8 Å². The number of pyridine rings is 1. The van der Waals surface area contributed by atoms with Crippen LogP contribution in [0, 0.1) is 27.6 Å². The van der Waals surface area contributed by atoms with Crippen molar-refractivity contribution in [3.63, 3.8) is 0 Å².